The molecule has 0 unspecified atom stereocenters. The zero-order valence-electron chi connectivity index (χ0n) is 13.6. The van der Waals surface area contributed by atoms with Crippen LogP contribution in [0, 0.1) is 0 Å². The molecule has 25 heavy (non-hydrogen) atoms. The van der Waals surface area contributed by atoms with Crippen LogP contribution in [0.2, 0.25) is 0 Å². The Morgan fingerprint density at radius 3 is 2.56 bits per heavy atom. The number of hydrogen-bond donors (Lipinski definition) is 2. The number of amides is 1. The Hall–Kier alpha value is -2.59. The van der Waals surface area contributed by atoms with Gasteiger partial charge in [0.05, 0.1) is 12.2 Å². The van der Waals surface area contributed by atoms with Gasteiger partial charge in [-0.25, -0.2) is 0 Å². The number of carbonyl (C=O) groups is 1. The minimum absolute atomic E-state index is 0.0734. The molecule has 3 aromatic carbocycles. The Kier molecular flexibility index (Phi) is 4.28. The van der Waals surface area contributed by atoms with Crippen LogP contribution >= 0.6 is 15.9 Å². The van der Waals surface area contributed by atoms with E-state index in [0.717, 1.165) is 22.3 Å². The van der Waals surface area contributed by atoms with Crippen molar-refractivity contribution in [3.8, 4) is 11.1 Å². The summed E-state index contributed by atoms with van der Waals surface area (Å²) in [7, 11) is 0. The lowest BCUT2D eigenvalue weighted by Crippen LogP contribution is -2.21. The Balaban J connectivity index is 1.42. The van der Waals surface area contributed by atoms with Gasteiger partial charge in [0.1, 0.15) is 0 Å². The summed E-state index contributed by atoms with van der Waals surface area (Å²) in [4.78, 5) is 12.2. The maximum absolute atomic E-state index is 12.2. The van der Waals surface area contributed by atoms with Crippen LogP contribution in [0.15, 0.2) is 71.2 Å². The molecule has 1 aliphatic carbocycles. The second-order valence-corrected chi connectivity index (χ2v) is 6.94. The maximum atomic E-state index is 12.2. The third kappa shape index (κ3) is 3.30. The van der Waals surface area contributed by atoms with Gasteiger partial charge in [-0.2, -0.15) is 0 Å². The first-order chi connectivity index (χ1) is 12.2. The van der Waals surface area contributed by atoms with Gasteiger partial charge in [-0.3, -0.25) is 4.79 Å². The molecule has 3 nitrogen and oxygen atoms in total. The monoisotopic (exact) mass is 392 g/mol. The number of fused-ring (bicyclic) bond motifs is 3. The Morgan fingerprint density at radius 1 is 0.920 bits per heavy atom. The quantitative estimate of drug-likeness (QED) is 0.508. The zero-order valence-corrected chi connectivity index (χ0v) is 15.1. The largest absolute Gasteiger partial charge is 0.376 e. The van der Waals surface area contributed by atoms with Crippen LogP contribution in [0.1, 0.15) is 11.1 Å². The molecule has 0 bridgehead atoms. The molecule has 124 valence electrons. The van der Waals surface area contributed by atoms with Crippen LogP contribution in [-0.2, 0) is 11.2 Å². The molecule has 0 heterocycles. The molecule has 4 rings (SSSR count). The van der Waals surface area contributed by atoms with E-state index in [1.54, 1.807) is 0 Å². The first kappa shape index (κ1) is 15.9. The summed E-state index contributed by atoms with van der Waals surface area (Å²) < 4.78 is 0.874. The molecule has 0 atom stereocenters. The van der Waals surface area contributed by atoms with Crippen LogP contribution in [0.25, 0.3) is 11.1 Å². The highest BCUT2D eigenvalue weighted by Gasteiger charge is 2.17. The normalized spacial score (nSPS) is 11.6. The fraction of sp³-hybridized carbons (Fsp3) is 0.0952. The average Bonchev–Trinajstić information content (AvgIpc) is 3.00. The molecule has 2 N–H and O–H groups in total. The molecule has 0 aliphatic heterocycles. The van der Waals surface area contributed by atoms with Gasteiger partial charge in [-0.15, -0.1) is 0 Å². The van der Waals surface area contributed by atoms with Gasteiger partial charge in [0.15, 0.2) is 0 Å². The maximum Gasteiger partial charge on any atom is 0.243 e. The number of carbonyl (C=O) groups excluding carboxylic acids is 1. The molecule has 0 saturated heterocycles. The first-order valence-corrected chi connectivity index (χ1v) is 8.99. The van der Waals surface area contributed by atoms with E-state index < -0.39 is 0 Å². The van der Waals surface area contributed by atoms with E-state index in [1.807, 2.05) is 30.3 Å². The summed E-state index contributed by atoms with van der Waals surface area (Å²) in [6.45, 7) is 0.229. The van der Waals surface area contributed by atoms with E-state index in [9.17, 15) is 4.79 Å². The van der Waals surface area contributed by atoms with Crippen LogP contribution in [0.3, 0.4) is 0 Å². The summed E-state index contributed by atoms with van der Waals surface area (Å²) in [6, 6.07) is 22.4. The van der Waals surface area contributed by atoms with Crippen molar-refractivity contribution < 1.29 is 4.79 Å². The standard InChI is InChI=1S/C21H17BrN2O/c22-19-7-3-4-8-20(19)24-21(25)13-23-16-9-10-18-15(12-16)11-14-5-1-2-6-17(14)18/h1-10,12,23H,11,13H2,(H,24,25). The predicted octanol–water partition coefficient (Wildman–Crippen LogP) is 5.07. The van der Waals surface area contributed by atoms with Gasteiger partial charge in [-0.05, 0) is 68.9 Å². The lowest BCUT2D eigenvalue weighted by molar-refractivity contribution is -0.114. The highest BCUT2D eigenvalue weighted by Crippen LogP contribution is 2.37. The van der Waals surface area contributed by atoms with Crippen LogP contribution in [0.4, 0.5) is 11.4 Å². The lowest BCUT2D eigenvalue weighted by Gasteiger charge is -2.10. The fourth-order valence-corrected chi connectivity index (χ4v) is 3.58. The lowest BCUT2D eigenvalue weighted by atomic mass is 10.1. The molecule has 1 amide bonds. The molecule has 1 aliphatic rings. The highest BCUT2D eigenvalue weighted by atomic mass is 79.9. The van der Waals surface area contributed by atoms with E-state index >= 15 is 0 Å². The van der Waals surface area contributed by atoms with Gasteiger partial charge in [0.25, 0.3) is 0 Å². The van der Waals surface area contributed by atoms with Crippen LogP contribution in [-0.4, -0.2) is 12.5 Å². The highest BCUT2D eigenvalue weighted by molar-refractivity contribution is 9.10. The third-order valence-electron chi connectivity index (χ3n) is 4.39. The van der Waals surface area contributed by atoms with E-state index in [0.29, 0.717) is 0 Å². The summed E-state index contributed by atoms with van der Waals surface area (Å²) in [5, 5.41) is 6.11. The molecule has 3 aromatic rings. The molecule has 0 saturated carbocycles. The van der Waals surface area contributed by atoms with Gasteiger partial charge < -0.3 is 10.6 Å². The Morgan fingerprint density at radius 2 is 1.68 bits per heavy atom. The van der Waals surface area contributed by atoms with Gasteiger partial charge in [0, 0.05) is 10.2 Å². The number of hydrogen-bond acceptors (Lipinski definition) is 2. The minimum Gasteiger partial charge on any atom is -0.376 e. The number of anilines is 2. The van der Waals surface area contributed by atoms with E-state index in [1.165, 1.54) is 22.3 Å². The Labute approximate surface area is 155 Å². The molecule has 0 radical (unpaired) electrons. The topological polar surface area (TPSA) is 41.1 Å². The molecular formula is C21H17BrN2O. The van der Waals surface area contributed by atoms with Crippen molar-refractivity contribution in [3.05, 3.63) is 82.3 Å². The summed E-state index contributed by atoms with van der Waals surface area (Å²) >= 11 is 3.43. The molecule has 4 heteroatoms. The predicted molar refractivity (Wildman–Crippen MR) is 106 cm³/mol. The van der Waals surface area contributed by atoms with Crippen LogP contribution < -0.4 is 10.6 Å². The second kappa shape index (κ2) is 6.73. The number of para-hydroxylation sites is 1. The second-order valence-electron chi connectivity index (χ2n) is 6.09. The average molecular weight is 393 g/mol. The number of nitrogens with one attached hydrogen (secondary N) is 2. The molecular weight excluding hydrogens is 376 g/mol. The van der Waals surface area contributed by atoms with E-state index in [2.05, 4.69) is 63.0 Å². The zero-order chi connectivity index (χ0) is 17.2. The summed E-state index contributed by atoms with van der Waals surface area (Å²) in [5.41, 5.74) is 7.01. The molecule has 0 spiro atoms. The van der Waals surface area contributed by atoms with Crippen molar-refractivity contribution in [2.75, 3.05) is 17.2 Å². The SMILES string of the molecule is O=C(CNc1ccc2c(c1)Cc1ccccc1-2)Nc1ccccc1Br. The van der Waals surface area contributed by atoms with Gasteiger partial charge in [0.2, 0.25) is 5.91 Å². The van der Waals surface area contributed by atoms with E-state index in [-0.39, 0.29) is 12.5 Å². The van der Waals surface area contributed by atoms with Crippen molar-refractivity contribution >= 4 is 33.2 Å². The number of rotatable bonds is 4. The smallest absolute Gasteiger partial charge is 0.243 e. The number of benzene rings is 3. The summed E-state index contributed by atoms with van der Waals surface area (Å²) in [5.74, 6) is -0.0734. The van der Waals surface area contributed by atoms with E-state index in [4.69, 9.17) is 0 Å². The van der Waals surface area contributed by atoms with Crippen molar-refractivity contribution in [1.82, 2.24) is 0 Å². The van der Waals surface area contributed by atoms with Gasteiger partial charge in [-0.1, -0.05) is 42.5 Å². The first-order valence-electron chi connectivity index (χ1n) is 8.20. The van der Waals surface area contributed by atoms with Gasteiger partial charge >= 0.3 is 0 Å². The molecule has 0 aromatic heterocycles. The van der Waals surface area contributed by atoms with Crippen molar-refractivity contribution in [1.29, 1.82) is 0 Å². The third-order valence-corrected chi connectivity index (χ3v) is 5.09. The molecule has 0 fully saturated rings. The Bertz CT molecular complexity index is 952. The fourth-order valence-electron chi connectivity index (χ4n) is 3.19. The van der Waals surface area contributed by atoms with Crippen molar-refractivity contribution in [2.24, 2.45) is 0 Å². The minimum atomic E-state index is -0.0734. The van der Waals surface area contributed by atoms with Crippen molar-refractivity contribution in [2.45, 2.75) is 6.42 Å². The summed E-state index contributed by atoms with van der Waals surface area (Å²) in [6.07, 6.45) is 0.949. The van der Waals surface area contributed by atoms with Crippen LogP contribution in [0.5, 0.6) is 0 Å². The number of halogens is 1. The van der Waals surface area contributed by atoms with Crippen molar-refractivity contribution in [3.63, 3.8) is 0 Å².